The lowest BCUT2D eigenvalue weighted by Gasteiger charge is -2.36. The Morgan fingerprint density at radius 2 is 2.08 bits per heavy atom. The molecule has 8 heteroatoms. The van der Waals surface area contributed by atoms with Gasteiger partial charge in [0.1, 0.15) is 0 Å². The Balaban J connectivity index is 1.38. The van der Waals surface area contributed by atoms with Crippen LogP contribution in [0.2, 0.25) is 5.02 Å². The fourth-order valence-electron chi connectivity index (χ4n) is 3.22. The summed E-state index contributed by atoms with van der Waals surface area (Å²) < 4.78 is 5.33. The summed E-state index contributed by atoms with van der Waals surface area (Å²) in [7, 11) is 0. The van der Waals surface area contributed by atoms with Gasteiger partial charge in [-0.3, -0.25) is 9.59 Å². The third-order valence-electron chi connectivity index (χ3n) is 4.67. The number of nitrogens with zero attached hydrogens (tertiary/aromatic N) is 2. The van der Waals surface area contributed by atoms with Gasteiger partial charge in [0, 0.05) is 55.9 Å². The van der Waals surface area contributed by atoms with E-state index in [4.69, 9.17) is 16.3 Å². The zero-order chi connectivity index (χ0) is 18.4. The zero-order valence-corrected chi connectivity index (χ0v) is 15.5. The average Bonchev–Trinajstić information content (AvgIpc) is 2.67. The Labute approximate surface area is 158 Å². The van der Waals surface area contributed by atoms with Crippen molar-refractivity contribution in [3.8, 4) is 0 Å². The van der Waals surface area contributed by atoms with E-state index in [-0.39, 0.29) is 24.4 Å². The third kappa shape index (κ3) is 5.33. The van der Waals surface area contributed by atoms with E-state index in [1.165, 1.54) is 0 Å². The highest BCUT2D eigenvalue weighted by atomic mass is 35.5. The maximum Gasteiger partial charge on any atom is 0.242 e. The van der Waals surface area contributed by atoms with Gasteiger partial charge in [-0.1, -0.05) is 17.7 Å². The minimum atomic E-state index is -0.126. The number of halogens is 1. The monoisotopic (exact) mass is 380 g/mol. The first kappa shape index (κ1) is 18.9. The summed E-state index contributed by atoms with van der Waals surface area (Å²) in [5.41, 5.74) is 1.07. The molecule has 2 saturated heterocycles. The summed E-state index contributed by atoms with van der Waals surface area (Å²) in [5, 5.41) is 6.66. The van der Waals surface area contributed by atoms with Crippen LogP contribution in [0.4, 0.5) is 5.69 Å². The Bertz CT molecular complexity index is 629. The molecule has 3 rings (SSSR count). The molecule has 2 amide bonds. The molecule has 1 unspecified atom stereocenters. The van der Waals surface area contributed by atoms with E-state index in [0.29, 0.717) is 37.7 Å². The molecule has 0 bridgehead atoms. The number of morpholine rings is 1. The van der Waals surface area contributed by atoms with Crippen LogP contribution in [-0.4, -0.2) is 75.2 Å². The van der Waals surface area contributed by atoms with Crippen LogP contribution in [0.1, 0.15) is 6.42 Å². The van der Waals surface area contributed by atoms with Crippen molar-refractivity contribution in [3.63, 3.8) is 0 Å². The lowest BCUT2D eigenvalue weighted by Crippen LogP contribution is -2.51. The molecule has 0 radical (unpaired) electrons. The summed E-state index contributed by atoms with van der Waals surface area (Å²) >= 11 is 6.04. The van der Waals surface area contributed by atoms with Crippen LogP contribution in [0.25, 0.3) is 0 Å². The maximum absolute atomic E-state index is 12.3. The largest absolute Gasteiger partial charge is 0.378 e. The topological polar surface area (TPSA) is 73.9 Å². The number of amides is 2. The van der Waals surface area contributed by atoms with Crippen LogP contribution < -0.4 is 15.5 Å². The van der Waals surface area contributed by atoms with E-state index >= 15 is 0 Å². The van der Waals surface area contributed by atoms with Gasteiger partial charge in [0.2, 0.25) is 11.8 Å². The molecule has 142 valence electrons. The average molecular weight is 381 g/mol. The van der Waals surface area contributed by atoms with Gasteiger partial charge < -0.3 is 25.2 Å². The minimum Gasteiger partial charge on any atom is -0.378 e. The number of anilines is 1. The van der Waals surface area contributed by atoms with Crippen LogP contribution in [0.15, 0.2) is 24.3 Å². The first-order valence-corrected chi connectivity index (χ1v) is 9.36. The molecule has 0 saturated carbocycles. The van der Waals surface area contributed by atoms with Crippen LogP contribution in [0.3, 0.4) is 0 Å². The normalized spacial score (nSPS) is 20.7. The highest BCUT2D eigenvalue weighted by molar-refractivity contribution is 6.30. The molecular formula is C18H25ClN4O3. The van der Waals surface area contributed by atoms with Crippen LogP contribution in [-0.2, 0) is 14.3 Å². The Kier molecular flexibility index (Phi) is 6.71. The molecule has 7 nitrogen and oxygen atoms in total. The van der Waals surface area contributed by atoms with Gasteiger partial charge in [-0.05, 0) is 18.2 Å². The molecule has 0 aromatic heterocycles. The third-order valence-corrected chi connectivity index (χ3v) is 4.91. The second kappa shape index (κ2) is 9.21. The van der Waals surface area contributed by atoms with Gasteiger partial charge in [0.05, 0.1) is 19.8 Å². The lowest BCUT2D eigenvalue weighted by molar-refractivity contribution is -0.133. The second-order valence-corrected chi connectivity index (χ2v) is 6.99. The Morgan fingerprint density at radius 1 is 1.27 bits per heavy atom. The Hall–Kier alpha value is -1.83. The van der Waals surface area contributed by atoms with Gasteiger partial charge >= 0.3 is 0 Å². The van der Waals surface area contributed by atoms with E-state index in [9.17, 15) is 9.59 Å². The number of carbonyl (C=O) groups excluding carboxylic acids is 2. The molecule has 2 N–H and O–H groups in total. The summed E-state index contributed by atoms with van der Waals surface area (Å²) in [6, 6.07) is 7.76. The molecular weight excluding hydrogens is 356 g/mol. The van der Waals surface area contributed by atoms with E-state index in [0.717, 1.165) is 25.3 Å². The maximum atomic E-state index is 12.3. The predicted octanol–water partition coefficient (Wildman–Crippen LogP) is 0.483. The SMILES string of the molecule is O=C(CC1COCCN1)NCC(=O)N1CCN(c2cccc(Cl)c2)CC1. The van der Waals surface area contributed by atoms with Crippen molar-refractivity contribution < 1.29 is 14.3 Å². The lowest BCUT2D eigenvalue weighted by atomic mass is 10.2. The molecule has 2 fully saturated rings. The first-order chi connectivity index (χ1) is 12.6. The van der Waals surface area contributed by atoms with Gasteiger partial charge in [-0.25, -0.2) is 0 Å². The van der Waals surface area contributed by atoms with Crippen LogP contribution in [0.5, 0.6) is 0 Å². The predicted molar refractivity (Wildman–Crippen MR) is 100 cm³/mol. The second-order valence-electron chi connectivity index (χ2n) is 6.55. The van der Waals surface area contributed by atoms with Crippen molar-refractivity contribution in [2.45, 2.75) is 12.5 Å². The summed E-state index contributed by atoms with van der Waals surface area (Å²) in [6.45, 7) is 4.80. The number of hydrogen-bond acceptors (Lipinski definition) is 5. The highest BCUT2D eigenvalue weighted by Gasteiger charge is 2.22. The molecule has 2 aliphatic heterocycles. The van der Waals surface area contributed by atoms with Crippen LogP contribution in [0, 0.1) is 0 Å². The fraction of sp³-hybridized carbons (Fsp3) is 0.556. The number of ether oxygens (including phenoxy) is 1. The fourth-order valence-corrected chi connectivity index (χ4v) is 3.40. The van der Waals surface area contributed by atoms with E-state index in [1.807, 2.05) is 24.3 Å². The van der Waals surface area contributed by atoms with Crippen LogP contribution >= 0.6 is 11.6 Å². The van der Waals surface area contributed by atoms with Crippen molar-refractivity contribution >= 4 is 29.1 Å². The molecule has 0 aliphatic carbocycles. The van der Waals surface area contributed by atoms with Gasteiger partial charge in [0.15, 0.2) is 0 Å². The number of nitrogens with one attached hydrogen (secondary N) is 2. The molecule has 2 heterocycles. The molecule has 0 spiro atoms. The summed E-state index contributed by atoms with van der Waals surface area (Å²) in [5.74, 6) is -0.170. The van der Waals surface area contributed by atoms with Gasteiger partial charge in [-0.2, -0.15) is 0 Å². The molecule has 1 aromatic carbocycles. The molecule has 2 aliphatic rings. The zero-order valence-electron chi connectivity index (χ0n) is 14.7. The van der Waals surface area contributed by atoms with Gasteiger partial charge in [0.25, 0.3) is 0 Å². The standard InChI is InChI=1S/C18H25ClN4O3/c19-14-2-1-3-16(10-14)22-5-7-23(8-6-22)18(25)12-21-17(24)11-15-13-26-9-4-20-15/h1-3,10,15,20H,4-9,11-13H2,(H,21,24). The van der Waals surface area contributed by atoms with Crippen molar-refractivity contribution in [1.29, 1.82) is 0 Å². The molecule has 1 atom stereocenters. The number of rotatable bonds is 5. The molecule has 1 aromatic rings. The highest BCUT2D eigenvalue weighted by Crippen LogP contribution is 2.20. The number of piperazine rings is 1. The summed E-state index contributed by atoms with van der Waals surface area (Å²) in [4.78, 5) is 28.3. The molecule has 26 heavy (non-hydrogen) atoms. The Morgan fingerprint density at radius 3 is 2.77 bits per heavy atom. The van der Waals surface area contributed by atoms with Crippen molar-refractivity contribution in [1.82, 2.24) is 15.5 Å². The first-order valence-electron chi connectivity index (χ1n) is 8.98. The van der Waals surface area contributed by atoms with E-state index in [2.05, 4.69) is 15.5 Å². The van der Waals surface area contributed by atoms with Gasteiger partial charge in [-0.15, -0.1) is 0 Å². The van der Waals surface area contributed by atoms with Crippen molar-refractivity contribution in [2.24, 2.45) is 0 Å². The minimum absolute atomic E-state index is 0.0279. The quantitative estimate of drug-likeness (QED) is 0.777. The smallest absolute Gasteiger partial charge is 0.242 e. The number of carbonyl (C=O) groups is 2. The van der Waals surface area contributed by atoms with E-state index in [1.54, 1.807) is 4.90 Å². The van der Waals surface area contributed by atoms with Crippen molar-refractivity contribution in [3.05, 3.63) is 29.3 Å². The van der Waals surface area contributed by atoms with Crippen molar-refractivity contribution in [2.75, 3.05) is 57.4 Å². The number of hydrogen-bond donors (Lipinski definition) is 2. The number of benzene rings is 1. The van der Waals surface area contributed by atoms with E-state index < -0.39 is 0 Å². The summed E-state index contributed by atoms with van der Waals surface area (Å²) in [6.07, 6.45) is 0.329.